The summed E-state index contributed by atoms with van der Waals surface area (Å²) < 4.78 is 6.78. The molecule has 0 aliphatic heterocycles. The predicted molar refractivity (Wildman–Crippen MR) is 101 cm³/mol. The first-order chi connectivity index (χ1) is 13.3. The molecule has 0 saturated heterocycles. The third kappa shape index (κ3) is 3.39. The molecule has 10 heteroatoms. The summed E-state index contributed by atoms with van der Waals surface area (Å²) in [6.45, 7) is 4.49. The first-order valence-corrected chi connectivity index (χ1v) is 8.39. The van der Waals surface area contributed by atoms with E-state index >= 15 is 0 Å². The smallest absolute Gasteiger partial charge is 0.311 e. The Morgan fingerprint density at radius 3 is 2.50 bits per heavy atom. The quantitative estimate of drug-likeness (QED) is 0.510. The summed E-state index contributed by atoms with van der Waals surface area (Å²) in [5.41, 5.74) is 7.50. The van der Waals surface area contributed by atoms with Gasteiger partial charge in [0.1, 0.15) is 5.69 Å². The highest BCUT2D eigenvalue weighted by Gasteiger charge is 2.22. The number of methoxy groups -OCH3 is 1. The number of carbonyl (C=O) groups excluding carboxylic acids is 1. The minimum Gasteiger partial charge on any atom is -0.490 e. The van der Waals surface area contributed by atoms with Crippen molar-refractivity contribution in [3.8, 4) is 28.4 Å². The third-order valence-corrected chi connectivity index (χ3v) is 4.17. The average Bonchev–Trinajstić information content (AvgIpc) is 3.07. The summed E-state index contributed by atoms with van der Waals surface area (Å²) in [7, 11) is 1.28. The van der Waals surface area contributed by atoms with E-state index < -0.39 is 10.8 Å². The van der Waals surface area contributed by atoms with Crippen LogP contribution in [0.4, 0.5) is 5.69 Å². The van der Waals surface area contributed by atoms with Crippen LogP contribution >= 0.6 is 0 Å². The van der Waals surface area contributed by atoms with Crippen LogP contribution in [0, 0.1) is 17.0 Å². The lowest BCUT2D eigenvalue weighted by atomic mass is 10.00. The number of nitro groups is 1. The molecule has 1 aromatic carbocycles. The van der Waals surface area contributed by atoms with Gasteiger partial charge in [-0.25, -0.2) is 9.97 Å². The molecule has 144 valence electrons. The number of aromatic nitrogens is 4. The van der Waals surface area contributed by atoms with Crippen molar-refractivity contribution in [3.05, 3.63) is 52.0 Å². The molecule has 0 fully saturated rings. The van der Waals surface area contributed by atoms with Gasteiger partial charge in [-0.3, -0.25) is 19.6 Å². The Morgan fingerprint density at radius 1 is 1.29 bits per heavy atom. The molecule has 28 heavy (non-hydrogen) atoms. The molecule has 0 aliphatic rings. The number of nitrogens with two attached hydrogens (primary N) is 1. The molecule has 3 aromatic rings. The summed E-state index contributed by atoms with van der Waals surface area (Å²) in [6.07, 6.45) is 2.98. The van der Waals surface area contributed by atoms with Crippen molar-refractivity contribution >= 4 is 11.6 Å². The van der Waals surface area contributed by atoms with Crippen LogP contribution in [0.3, 0.4) is 0 Å². The molecule has 0 atom stereocenters. The molecule has 2 N–H and O–H groups in total. The second-order valence-electron chi connectivity index (χ2n) is 5.97. The molecule has 0 aliphatic carbocycles. The van der Waals surface area contributed by atoms with E-state index in [0.717, 1.165) is 11.4 Å². The van der Waals surface area contributed by atoms with Crippen LogP contribution in [0.2, 0.25) is 0 Å². The molecule has 2 aromatic heterocycles. The van der Waals surface area contributed by atoms with Gasteiger partial charge in [0.15, 0.2) is 11.6 Å². The number of benzene rings is 1. The molecule has 0 radical (unpaired) electrons. The summed E-state index contributed by atoms with van der Waals surface area (Å²) >= 11 is 0. The van der Waals surface area contributed by atoms with Gasteiger partial charge in [0, 0.05) is 42.2 Å². The van der Waals surface area contributed by atoms with Crippen LogP contribution in [0.1, 0.15) is 23.0 Å². The molecule has 0 unspecified atom stereocenters. The fourth-order valence-electron chi connectivity index (χ4n) is 2.88. The maximum Gasteiger partial charge on any atom is 0.311 e. The topological polar surface area (TPSA) is 139 Å². The van der Waals surface area contributed by atoms with Gasteiger partial charge >= 0.3 is 5.69 Å². The first-order valence-electron chi connectivity index (χ1n) is 8.39. The van der Waals surface area contributed by atoms with Crippen LogP contribution in [0.5, 0.6) is 5.75 Å². The van der Waals surface area contributed by atoms with Crippen LogP contribution < -0.4 is 10.5 Å². The largest absolute Gasteiger partial charge is 0.490 e. The lowest BCUT2D eigenvalue weighted by molar-refractivity contribution is -0.385. The monoisotopic (exact) mass is 382 g/mol. The fraction of sp³-hybridized carbons (Fsp3) is 0.222. The number of ether oxygens (including phenoxy) is 1. The van der Waals surface area contributed by atoms with Gasteiger partial charge in [-0.2, -0.15) is 5.10 Å². The Bertz CT molecular complexity index is 1060. The molecule has 2 heterocycles. The molecular formula is C18H18N6O4. The number of rotatable bonds is 6. The zero-order valence-corrected chi connectivity index (χ0v) is 15.5. The van der Waals surface area contributed by atoms with Gasteiger partial charge in [-0.1, -0.05) is 0 Å². The number of hydrogen-bond donors (Lipinski definition) is 1. The van der Waals surface area contributed by atoms with Gasteiger partial charge in [-0.05, 0) is 19.9 Å². The molecule has 0 spiro atoms. The van der Waals surface area contributed by atoms with E-state index in [2.05, 4.69) is 15.1 Å². The fourth-order valence-corrected chi connectivity index (χ4v) is 2.88. The van der Waals surface area contributed by atoms with Gasteiger partial charge in [-0.15, -0.1) is 0 Å². The summed E-state index contributed by atoms with van der Waals surface area (Å²) in [5, 5.41) is 15.7. The van der Waals surface area contributed by atoms with E-state index in [1.165, 1.54) is 31.6 Å². The standard InChI is InChI=1S/C18H18N6O4/c1-4-23-15(5-10(2)22-23)18-20-8-11(9-21-18)12-6-14(24(26)27)16(28-3)7-13(12)17(19)25/h5-9H,4H2,1-3H3,(H2,19,25). The zero-order valence-electron chi connectivity index (χ0n) is 15.5. The van der Waals surface area contributed by atoms with Crippen molar-refractivity contribution in [2.75, 3.05) is 7.11 Å². The Kier molecular flexibility index (Phi) is 5.03. The lowest BCUT2D eigenvalue weighted by Gasteiger charge is -2.10. The SMILES string of the molecule is CCn1nc(C)cc1-c1ncc(-c2cc([N+](=O)[O-])c(OC)cc2C(N)=O)cn1. The van der Waals surface area contributed by atoms with Gasteiger partial charge in [0.05, 0.1) is 23.3 Å². The molecule has 3 rings (SSSR count). The van der Waals surface area contributed by atoms with Crippen molar-refractivity contribution in [2.24, 2.45) is 5.73 Å². The number of aryl methyl sites for hydroxylation is 2. The van der Waals surface area contributed by atoms with Crippen molar-refractivity contribution in [1.82, 2.24) is 19.7 Å². The average molecular weight is 382 g/mol. The lowest BCUT2D eigenvalue weighted by Crippen LogP contribution is -2.13. The maximum atomic E-state index is 11.9. The summed E-state index contributed by atoms with van der Waals surface area (Å²) in [5.74, 6) is -0.343. The van der Waals surface area contributed by atoms with Crippen molar-refractivity contribution < 1.29 is 14.5 Å². The number of carbonyl (C=O) groups is 1. The second kappa shape index (κ2) is 7.43. The van der Waals surface area contributed by atoms with E-state index in [0.29, 0.717) is 17.9 Å². The van der Waals surface area contributed by atoms with Crippen molar-refractivity contribution in [2.45, 2.75) is 20.4 Å². The number of primary amides is 1. The summed E-state index contributed by atoms with van der Waals surface area (Å²) in [4.78, 5) is 31.3. The Hall–Kier alpha value is -3.82. The minimum absolute atomic E-state index is 0.0533. The molecule has 0 bridgehead atoms. The normalized spacial score (nSPS) is 10.7. The van der Waals surface area contributed by atoms with Gasteiger partial charge in [0.2, 0.25) is 5.91 Å². The molecule has 10 nitrogen and oxygen atoms in total. The molecular weight excluding hydrogens is 364 g/mol. The minimum atomic E-state index is -0.744. The van der Waals surface area contributed by atoms with E-state index in [4.69, 9.17) is 10.5 Å². The second-order valence-corrected chi connectivity index (χ2v) is 5.97. The first kappa shape index (κ1) is 19.0. The number of nitro benzene ring substituents is 1. The van der Waals surface area contributed by atoms with Gasteiger partial charge < -0.3 is 10.5 Å². The Morgan fingerprint density at radius 2 is 1.96 bits per heavy atom. The van der Waals surface area contributed by atoms with Crippen LogP contribution in [-0.4, -0.2) is 37.7 Å². The number of hydrogen-bond acceptors (Lipinski definition) is 7. The zero-order chi connectivity index (χ0) is 20.4. The molecule has 0 saturated carbocycles. The van der Waals surface area contributed by atoms with E-state index in [-0.39, 0.29) is 22.6 Å². The molecule has 1 amide bonds. The van der Waals surface area contributed by atoms with E-state index in [1.807, 2.05) is 19.9 Å². The van der Waals surface area contributed by atoms with E-state index in [9.17, 15) is 14.9 Å². The third-order valence-electron chi connectivity index (χ3n) is 4.17. The van der Waals surface area contributed by atoms with Crippen LogP contribution in [0.25, 0.3) is 22.6 Å². The van der Waals surface area contributed by atoms with Crippen LogP contribution in [0.15, 0.2) is 30.6 Å². The predicted octanol–water partition coefficient (Wildman–Crippen LogP) is 2.35. The highest BCUT2D eigenvalue weighted by Crippen LogP contribution is 2.35. The Balaban J connectivity index is 2.11. The van der Waals surface area contributed by atoms with Crippen LogP contribution in [-0.2, 0) is 6.54 Å². The van der Waals surface area contributed by atoms with Crippen molar-refractivity contribution in [3.63, 3.8) is 0 Å². The van der Waals surface area contributed by atoms with Gasteiger partial charge in [0.25, 0.3) is 0 Å². The highest BCUT2D eigenvalue weighted by molar-refractivity contribution is 6.01. The number of amides is 1. The summed E-state index contributed by atoms with van der Waals surface area (Å²) in [6, 6.07) is 4.35. The maximum absolute atomic E-state index is 11.9. The van der Waals surface area contributed by atoms with E-state index in [1.54, 1.807) is 4.68 Å². The van der Waals surface area contributed by atoms with Crippen molar-refractivity contribution in [1.29, 1.82) is 0 Å². The highest BCUT2D eigenvalue weighted by atomic mass is 16.6. The number of nitrogens with zero attached hydrogens (tertiary/aromatic N) is 5. The Labute approximate surface area is 160 Å².